The van der Waals surface area contributed by atoms with Crippen molar-refractivity contribution < 1.29 is 29.1 Å². The fourth-order valence-electron chi connectivity index (χ4n) is 6.49. The summed E-state index contributed by atoms with van der Waals surface area (Å²) in [7, 11) is 0. The number of nitriles is 1. The van der Waals surface area contributed by atoms with Gasteiger partial charge in [0.05, 0.1) is 29.9 Å². The number of likely N-dealkylation sites (tertiary alicyclic amines) is 2. The first-order valence-corrected chi connectivity index (χ1v) is 15.4. The summed E-state index contributed by atoms with van der Waals surface area (Å²) in [6.45, 7) is 8.62. The van der Waals surface area contributed by atoms with Crippen LogP contribution in [0.25, 0.3) is 0 Å². The van der Waals surface area contributed by atoms with Crippen molar-refractivity contribution in [3.8, 4) is 11.9 Å². The Hall–Kier alpha value is -3.46. The minimum absolute atomic E-state index is 0.0476. The summed E-state index contributed by atoms with van der Waals surface area (Å²) in [4.78, 5) is 31.1. The van der Waals surface area contributed by atoms with E-state index >= 15 is 0 Å². The van der Waals surface area contributed by atoms with Gasteiger partial charge >= 0.3 is 0 Å². The predicted octanol–water partition coefficient (Wildman–Crippen LogP) is 2.74. The molecule has 0 unspecified atom stereocenters. The van der Waals surface area contributed by atoms with Crippen molar-refractivity contribution in [3.05, 3.63) is 47.2 Å². The van der Waals surface area contributed by atoms with Gasteiger partial charge in [0.15, 0.2) is 5.76 Å². The number of amides is 2. The molecule has 2 aliphatic heterocycles. The number of β-amino-alcohol motifs (C(OH)–C–C–N with tert-alkyl or cyclic N) is 1. The van der Waals surface area contributed by atoms with E-state index < -0.39 is 18.1 Å². The summed E-state index contributed by atoms with van der Waals surface area (Å²) in [5.74, 6) is -0.189. The normalized spacial score (nSPS) is 26.0. The van der Waals surface area contributed by atoms with Gasteiger partial charge in [-0.25, -0.2) is 0 Å². The maximum Gasteiger partial charge on any atom is 0.254 e. The molecule has 3 heterocycles. The third-order valence-corrected chi connectivity index (χ3v) is 9.06. The molecular weight excluding hydrogens is 550 g/mol. The molecule has 2 amide bonds. The van der Waals surface area contributed by atoms with Crippen molar-refractivity contribution in [2.45, 2.75) is 89.2 Å². The van der Waals surface area contributed by atoms with Crippen LogP contribution in [0.5, 0.6) is 5.88 Å². The van der Waals surface area contributed by atoms with E-state index in [0.717, 1.165) is 50.9 Å². The summed E-state index contributed by atoms with van der Waals surface area (Å²) in [6.07, 6.45) is 2.74. The first kappa shape index (κ1) is 31.0. The smallest absolute Gasteiger partial charge is 0.254 e. The van der Waals surface area contributed by atoms with Gasteiger partial charge in [0.25, 0.3) is 5.88 Å². The Bertz CT molecular complexity index is 1290. The molecule has 232 valence electrons. The molecule has 3 aliphatic rings. The molecule has 1 aliphatic carbocycles. The maximum atomic E-state index is 13.9. The fourth-order valence-corrected chi connectivity index (χ4v) is 6.49. The number of carbonyl (C=O) groups is 2. The Kier molecular flexibility index (Phi) is 9.69. The molecule has 0 spiro atoms. The Morgan fingerprint density at radius 1 is 1.12 bits per heavy atom. The van der Waals surface area contributed by atoms with Crippen molar-refractivity contribution in [1.82, 2.24) is 20.3 Å². The zero-order valence-corrected chi connectivity index (χ0v) is 25.2. The molecule has 3 N–H and O–H groups in total. The number of nitrogens with zero attached hydrogens (tertiary/aromatic N) is 4. The van der Waals surface area contributed by atoms with Gasteiger partial charge < -0.3 is 34.6 Å². The molecule has 0 bridgehead atoms. The second-order valence-electron chi connectivity index (χ2n) is 12.8. The Morgan fingerprint density at radius 2 is 1.81 bits per heavy atom. The van der Waals surface area contributed by atoms with Crippen molar-refractivity contribution in [3.63, 3.8) is 0 Å². The van der Waals surface area contributed by atoms with Crippen molar-refractivity contribution in [2.75, 3.05) is 26.2 Å². The lowest BCUT2D eigenvalue weighted by molar-refractivity contribution is -0.141. The lowest BCUT2D eigenvalue weighted by atomic mass is 9.81. The summed E-state index contributed by atoms with van der Waals surface area (Å²) in [5, 5.41) is 36.3. The fraction of sp³-hybridized carbons (Fsp3) is 0.625. The Balaban J connectivity index is 1.18. The molecular formula is C32H43N5O6. The highest BCUT2D eigenvalue weighted by molar-refractivity contribution is 5.91. The summed E-state index contributed by atoms with van der Waals surface area (Å²) in [5.41, 5.74) is 1.37. The highest BCUT2D eigenvalue weighted by Gasteiger charge is 2.44. The van der Waals surface area contributed by atoms with Crippen LogP contribution in [0.3, 0.4) is 0 Å². The third-order valence-electron chi connectivity index (χ3n) is 9.06. The summed E-state index contributed by atoms with van der Waals surface area (Å²) in [6, 6.07) is 9.57. The van der Waals surface area contributed by atoms with Gasteiger partial charge in [-0.2, -0.15) is 5.26 Å². The number of aliphatic hydroxyl groups excluding tert-OH is 2. The molecule has 11 heteroatoms. The van der Waals surface area contributed by atoms with E-state index in [1.165, 1.54) is 4.90 Å². The van der Waals surface area contributed by atoms with Crippen molar-refractivity contribution >= 4 is 11.8 Å². The molecule has 2 aromatic rings. The average molecular weight is 594 g/mol. The minimum Gasteiger partial charge on any atom is -0.472 e. The highest BCUT2D eigenvalue weighted by Crippen LogP contribution is 2.36. The topological polar surface area (TPSA) is 152 Å². The molecule has 2 saturated heterocycles. The van der Waals surface area contributed by atoms with Crippen LogP contribution in [0.4, 0.5) is 0 Å². The van der Waals surface area contributed by atoms with Gasteiger partial charge in [0, 0.05) is 38.7 Å². The van der Waals surface area contributed by atoms with E-state index in [1.807, 2.05) is 20.8 Å². The second-order valence-corrected chi connectivity index (χ2v) is 12.8. The second kappa shape index (κ2) is 13.5. The first-order valence-electron chi connectivity index (χ1n) is 15.4. The predicted molar refractivity (Wildman–Crippen MR) is 157 cm³/mol. The number of rotatable bonds is 10. The Labute approximate surface area is 252 Å². The molecule has 3 fully saturated rings. The number of hydrogen-bond donors (Lipinski definition) is 3. The molecule has 1 aromatic heterocycles. The minimum atomic E-state index is -0.821. The molecule has 1 aromatic carbocycles. The molecule has 0 radical (unpaired) electrons. The maximum absolute atomic E-state index is 13.9. The average Bonchev–Trinajstić information content (AvgIpc) is 3.59. The van der Waals surface area contributed by atoms with Crippen LogP contribution in [0.2, 0.25) is 0 Å². The van der Waals surface area contributed by atoms with Crippen molar-refractivity contribution in [1.29, 1.82) is 5.26 Å². The van der Waals surface area contributed by atoms with Crippen LogP contribution >= 0.6 is 0 Å². The van der Waals surface area contributed by atoms with Crippen LogP contribution in [-0.4, -0.2) is 87.5 Å². The van der Waals surface area contributed by atoms with Crippen LogP contribution in [-0.2, 0) is 9.59 Å². The first-order chi connectivity index (χ1) is 20.6. The number of benzene rings is 1. The van der Waals surface area contributed by atoms with E-state index in [2.05, 4.69) is 21.4 Å². The summed E-state index contributed by atoms with van der Waals surface area (Å²) >= 11 is 0. The van der Waals surface area contributed by atoms with E-state index in [0.29, 0.717) is 23.1 Å². The van der Waals surface area contributed by atoms with E-state index in [-0.39, 0.29) is 48.9 Å². The lowest BCUT2D eigenvalue weighted by Gasteiger charge is -2.39. The number of piperidine rings is 1. The SMILES string of the molecule is CC(C)[C@@H](C(=O)N1C[C@H](O)C[C@H]1C(=O)N[C@@H](C)c1ccc(C#N)cc1)c1cc(OC2CC(CN3CCC(O)CC3)C2)no1. The van der Waals surface area contributed by atoms with E-state index in [9.17, 15) is 19.8 Å². The molecule has 4 atom stereocenters. The largest absolute Gasteiger partial charge is 0.472 e. The zero-order chi connectivity index (χ0) is 30.7. The third kappa shape index (κ3) is 7.37. The Morgan fingerprint density at radius 3 is 2.47 bits per heavy atom. The molecule has 1 saturated carbocycles. The lowest BCUT2D eigenvalue weighted by Crippen LogP contribution is -2.48. The van der Waals surface area contributed by atoms with Gasteiger partial charge in [-0.15, -0.1) is 0 Å². The van der Waals surface area contributed by atoms with Crippen LogP contribution in [0.15, 0.2) is 34.9 Å². The number of carbonyl (C=O) groups excluding carboxylic acids is 2. The van der Waals surface area contributed by atoms with Gasteiger partial charge in [-0.3, -0.25) is 9.59 Å². The number of nitrogens with one attached hydrogen (secondary N) is 1. The van der Waals surface area contributed by atoms with Gasteiger partial charge in [0.1, 0.15) is 18.1 Å². The van der Waals surface area contributed by atoms with E-state index in [1.54, 1.807) is 30.3 Å². The molecule has 11 nitrogen and oxygen atoms in total. The number of hydrogen-bond acceptors (Lipinski definition) is 9. The van der Waals surface area contributed by atoms with Crippen LogP contribution in [0, 0.1) is 23.2 Å². The van der Waals surface area contributed by atoms with Gasteiger partial charge in [0.2, 0.25) is 11.8 Å². The molecule has 5 rings (SSSR count). The summed E-state index contributed by atoms with van der Waals surface area (Å²) < 4.78 is 11.7. The number of aromatic nitrogens is 1. The number of aliphatic hydroxyl groups is 2. The van der Waals surface area contributed by atoms with Crippen LogP contribution < -0.4 is 10.1 Å². The zero-order valence-electron chi connectivity index (χ0n) is 25.2. The van der Waals surface area contributed by atoms with E-state index in [4.69, 9.17) is 14.5 Å². The number of ether oxygens (including phenoxy) is 1. The monoisotopic (exact) mass is 593 g/mol. The quantitative estimate of drug-likeness (QED) is 0.378. The highest BCUT2D eigenvalue weighted by atomic mass is 16.5. The van der Waals surface area contributed by atoms with Crippen LogP contribution in [0.1, 0.15) is 81.7 Å². The standard InChI is InChI=1S/C32H43N5O6/c1-19(2)30(28-15-29(35-43-28)42-26-12-22(13-26)17-36-10-8-24(38)9-11-36)32(41)37-18-25(39)14-27(37)31(40)34-20(3)23-6-4-21(16-33)5-7-23/h4-7,15,19-20,22,24-27,30,38-39H,8-14,17-18H2,1-3H3,(H,34,40)/t20-,22?,25+,26?,27-,30+/m0/s1. The van der Waals surface area contributed by atoms with Crippen molar-refractivity contribution in [2.24, 2.45) is 11.8 Å². The van der Waals surface area contributed by atoms with Gasteiger partial charge in [-0.1, -0.05) is 26.0 Å². The van der Waals surface area contributed by atoms with Gasteiger partial charge in [-0.05, 0) is 67.3 Å². The molecule has 43 heavy (non-hydrogen) atoms.